The molecule has 0 aliphatic heterocycles. The zero-order valence-electron chi connectivity index (χ0n) is 14.7. The van der Waals surface area contributed by atoms with E-state index in [-0.39, 0.29) is 23.8 Å². The van der Waals surface area contributed by atoms with Gasteiger partial charge in [-0.15, -0.1) is 0 Å². The largest absolute Gasteiger partial charge is 0.513 e. The lowest BCUT2D eigenvalue weighted by Gasteiger charge is -2.23. The van der Waals surface area contributed by atoms with Gasteiger partial charge in [-0.25, -0.2) is 4.57 Å². The van der Waals surface area contributed by atoms with Gasteiger partial charge in [-0.2, -0.15) is 5.09 Å². The number of carbonyl (C=O) groups is 1. The van der Waals surface area contributed by atoms with Crippen LogP contribution in [0.15, 0.2) is 54.6 Å². The molecule has 1 N–H and O–H groups in total. The maximum absolute atomic E-state index is 13.2. The Kier molecular flexibility index (Phi) is 6.92. The molecule has 2 rings (SSSR count). The minimum atomic E-state index is -4.06. The van der Waals surface area contributed by atoms with E-state index in [4.69, 9.17) is 13.8 Å². The monoisotopic (exact) mass is 394 g/mol. The highest BCUT2D eigenvalue weighted by atomic mass is 31.2. The predicted molar refractivity (Wildman–Crippen MR) is 97.6 cm³/mol. The summed E-state index contributed by atoms with van der Waals surface area (Å²) >= 11 is 0. The lowest BCUT2D eigenvalue weighted by Crippen LogP contribution is -2.35. The number of esters is 1. The molecule has 10 heteroatoms. The molecule has 144 valence electrons. The van der Waals surface area contributed by atoms with Crippen LogP contribution in [0.4, 0.5) is 5.69 Å². The highest BCUT2D eigenvalue weighted by molar-refractivity contribution is 7.52. The average Bonchev–Trinajstić information content (AvgIpc) is 2.62. The van der Waals surface area contributed by atoms with E-state index >= 15 is 0 Å². The molecule has 0 heterocycles. The Morgan fingerprint density at radius 1 is 1.11 bits per heavy atom. The van der Waals surface area contributed by atoms with E-state index in [1.54, 1.807) is 37.3 Å². The lowest BCUT2D eigenvalue weighted by molar-refractivity contribution is -0.384. The Bertz CT molecular complexity index is 827. The first-order valence-electron chi connectivity index (χ1n) is 8.06. The van der Waals surface area contributed by atoms with Crippen molar-refractivity contribution in [2.75, 3.05) is 6.61 Å². The van der Waals surface area contributed by atoms with Gasteiger partial charge in [0, 0.05) is 12.1 Å². The van der Waals surface area contributed by atoms with Gasteiger partial charge in [0.05, 0.1) is 11.5 Å². The van der Waals surface area contributed by atoms with Crippen molar-refractivity contribution in [2.45, 2.75) is 19.9 Å². The molecule has 27 heavy (non-hydrogen) atoms. The van der Waals surface area contributed by atoms with Gasteiger partial charge in [0.15, 0.2) is 0 Å². The minimum absolute atomic E-state index is 0.0726. The van der Waals surface area contributed by atoms with Crippen molar-refractivity contribution in [1.82, 2.24) is 5.09 Å². The van der Waals surface area contributed by atoms with Crippen molar-refractivity contribution in [3.63, 3.8) is 0 Å². The van der Waals surface area contributed by atoms with Crippen LogP contribution in [-0.4, -0.2) is 23.5 Å². The molecule has 0 aromatic heterocycles. The third kappa shape index (κ3) is 6.09. The van der Waals surface area contributed by atoms with Gasteiger partial charge >= 0.3 is 13.7 Å². The third-order valence-corrected chi connectivity index (χ3v) is 4.84. The summed E-state index contributed by atoms with van der Waals surface area (Å²) in [7, 11) is -4.06. The summed E-state index contributed by atoms with van der Waals surface area (Å²) in [4.78, 5) is 22.0. The number of nitro groups is 1. The Morgan fingerprint density at radius 3 is 2.19 bits per heavy atom. The fourth-order valence-electron chi connectivity index (χ4n) is 2.02. The normalized spacial score (nSPS) is 13.9. The number of carbonyl (C=O) groups excluding carboxylic acids is 1. The van der Waals surface area contributed by atoms with Crippen molar-refractivity contribution < 1.29 is 28.1 Å². The highest BCUT2D eigenvalue weighted by Crippen LogP contribution is 2.45. The van der Waals surface area contributed by atoms with Crippen LogP contribution in [0.5, 0.6) is 11.5 Å². The van der Waals surface area contributed by atoms with Crippen LogP contribution in [0.2, 0.25) is 0 Å². The van der Waals surface area contributed by atoms with E-state index in [9.17, 15) is 19.5 Å². The van der Waals surface area contributed by atoms with Crippen LogP contribution < -0.4 is 14.1 Å². The number of nitrogens with one attached hydrogen (secondary N) is 1. The number of para-hydroxylation sites is 1. The van der Waals surface area contributed by atoms with Crippen LogP contribution in [0.1, 0.15) is 13.8 Å². The van der Waals surface area contributed by atoms with Crippen LogP contribution >= 0.6 is 7.75 Å². The summed E-state index contributed by atoms with van der Waals surface area (Å²) in [5.74, 6) is -0.295. The summed E-state index contributed by atoms with van der Waals surface area (Å²) < 4.78 is 29.0. The van der Waals surface area contributed by atoms with Gasteiger partial charge in [0.2, 0.25) is 0 Å². The van der Waals surface area contributed by atoms with Crippen LogP contribution in [0.25, 0.3) is 0 Å². The van der Waals surface area contributed by atoms with E-state index in [1.807, 2.05) is 0 Å². The molecule has 2 aromatic carbocycles. The first kappa shape index (κ1) is 20.4. The summed E-state index contributed by atoms with van der Waals surface area (Å²) in [6, 6.07) is 12.3. The van der Waals surface area contributed by atoms with Crippen molar-refractivity contribution in [3.8, 4) is 11.5 Å². The summed E-state index contributed by atoms with van der Waals surface area (Å²) in [5, 5.41) is 13.3. The van der Waals surface area contributed by atoms with Crippen LogP contribution in [-0.2, 0) is 14.1 Å². The molecule has 0 spiro atoms. The molecule has 0 aliphatic carbocycles. The van der Waals surface area contributed by atoms with E-state index in [0.717, 1.165) is 0 Å². The fraction of sp³-hybridized carbons (Fsp3) is 0.235. The molecule has 2 aromatic rings. The molecular weight excluding hydrogens is 375 g/mol. The number of non-ortho nitro benzene ring substituents is 1. The molecule has 0 bridgehead atoms. The maximum atomic E-state index is 13.2. The first-order chi connectivity index (χ1) is 12.8. The van der Waals surface area contributed by atoms with E-state index < -0.39 is 24.7 Å². The second-order valence-electron chi connectivity index (χ2n) is 5.35. The van der Waals surface area contributed by atoms with Crippen LogP contribution in [0.3, 0.4) is 0 Å². The molecule has 0 amide bonds. The molecule has 0 saturated carbocycles. The van der Waals surface area contributed by atoms with Crippen molar-refractivity contribution in [2.24, 2.45) is 0 Å². The van der Waals surface area contributed by atoms with Gasteiger partial charge < -0.3 is 13.8 Å². The Labute approximate surface area is 156 Å². The average molecular weight is 394 g/mol. The van der Waals surface area contributed by atoms with Gasteiger partial charge in [0.1, 0.15) is 17.5 Å². The van der Waals surface area contributed by atoms with E-state index in [1.165, 1.54) is 31.2 Å². The number of ether oxygens (including phenoxy) is 1. The zero-order valence-corrected chi connectivity index (χ0v) is 15.6. The summed E-state index contributed by atoms with van der Waals surface area (Å²) in [5.41, 5.74) is -0.144. The minimum Gasteiger partial charge on any atom is -0.465 e. The van der Waals surface area contributed by atoms with Gasteiger partial charge in [0.25, 0.3) is 5.69 Å². The molecule has 0 saturated heterocycles. The van der Waals surface area contributed by atoms with Gasteiger partial charge in [-0.05, 0) is 38.1 Å². The number of nitro benzene ring substituents is 1. The second kappa shape index (κ2) is 9.16. The topological polar surface area (TPSA) is 117 Å². The maximum Gasteiger partial charge on any atom is 0.513 e. The molecule has 0 radical (unpaired) electrons. The van der Waals surface area contributed by atoms with E-state index in [0.29, 0.717) is 0 Å². The third-order valence-electron chi connectivity index (χ3n) is 3.23. The Hall–Kier alpha value is -2.90. The number of hydrogen-bond acceptors (Lipinski definition) is 7. The molecule has 0 aliphatic rings. The summed E-state index contributed by atoms with van der Waals surface area (Å²) in [6.45, 7) is 3.27. The Morgan fingerprint density at radius 2 is 1.67 bits per heavy atom. The van der Waals surface area contributed by atoms with Crippen molar-refractivity contribution in [3.05, 3.63) is 64.7 Å². The van der Waals surface area contributed by atoms with E-state index in [2.05, 4.69) is 5.09 Å². The smallest absolute Gasteiger partial charge is 0.465 e. The van der Waals surface area contributed by atoms with Crippen molar-refractivity contribution in [1.29, 1.82) is 0 Å². The molecular formula is C17H19N2O7P. The molecule has 2 atom stereocenters. The second-order valence-corrected chi connectivity index (χ2v) is 6.97. The van der Waals surface area contributed by atoms with Gasteiger partial charge in [-0.3, -0.25) is 14.9 Å². The van der Waals surface area contributed by atoms with Crippen LogP contribution in [0, 0.1) is 10.1 Å². The fourth-order valence-corrected chi connectivity index (χ4v) is 3.54. The summed E-state index contributed by atoms with van der Waals surface area (Å²) in [6.07, 6.45) is 0. The lowest BCUT2D eigenvalue weighted by atomic mass is 10.3. The van der Waals surface area contributed by atoms with Gasteiger partial charge in [-0.1, -0.05) is 18.2 Å². The SMILES string of the molecule is CCOC(=O)[C@H](C)N[P@](=O)(Oc1ccccc1)Oc1ccc([N+](=O)[O-])cc1. The number of rotatable bonds is 9. The Balaban J connectivity index is 2.23. The standard InChI is InChI=1S/C17H19N2O7P/c1-3-24-17(20)13(2)18-27(23,25-15-7-5-4-6-8-15)26-16-11-9-14(10-12-16)19(21)22/h4-13H,3H2,1-2H3,(H,18,23)/t13-,27-/m0/s1. The highest BCUT2D eigenvalue weighted by Gasteiger charge is 2.33. The van der Waals surface area contributed by atoms with Crippen molar-refractivity contribution >= 4 is 19.4 Å². The predicted octanol–water partition coefficient (Wildman–Crippen LogP) is 3.70. The quantitative estimate of drug-likeness (QED) is 0.296. The molecule has 0 unspecified atom stereocenters. The zero-order chi connectivity index (χ0) is 19.9. The number of benzene rings is 2. The molecule has 9 nitrogen and oxygen atoms in total. The first-order valence-corrected chi connectivity index (χ1v) is 9.60. The molecule has 0 fully saturated rings. The number of nitrogens with zero attached hydrogens (tertiary/aromatic N) is 1. The number of hydrogen-bond donors (Lipinski definition) is 1.